The van der Waals surface area contributed by atoms with Gasteiger partial charge in [-0.1, -0.05) is 35.9 Å². The Balaban J connectivity index is 1.72. The molecular formula is C19H16ClF3N2O. The van der Waals surface area contributed by atoms with Crippen LogP contribution >= 0.6 is 11.6 Å². The van der Waals surface area contributed by atoms with Gasteiger partial charge in [-0.05, 0) is 35.4 Å². The normalized spacial score (nSPS) is 12.9. The van der Waals surface area contributed by atoms with E-state index in [1.165, 1.54) is 12.1 Å². The summed E-state index contributed by atoms with van der Waals surface area (Å²) in [5, 5.41) is 0.623. The molecule has 26 heavy (non-hydrogen) atoms. The highest BCUT2D eigenvalue weighted by molar-refractivity contribution is 6.30. The Morgan fingerprint density at radius 3 is 2.31 bits per heavy atom. The van der Waals surface area contributed by atoms with E-state index >= 15 is 0 Å². The Kier molecular flexibility index (Phi) is 5.64. The monoisotopic (exact) mass is 380 g/mol. The average Bonchev–Trinajstić information content (AvgIpc) is 3.12. The van der Waals surface area contributed by atoms with Crippen LogP contribution in [0.4, 0.5) is 13.2 Å². The van der Waals surface area contributed by atoms with Gasteiger partial charge in [0.1, 0.15) is 6.10 Å². The Morgan fingerprint density at radius 2 is 1.73 bits per heavy atom. The van der Waals surface area contributed by atoms with Gasteiger partial charge in [-0.3, -0.25) is 0 Å². The SMILES string of the molecule is FC(F)(F)c1ccc(COC(Cn2ccnc2)c2ccc(Cl)cc2)cc1. The summed E-state index contributed by atoms with van der Waals surface area (Å²) in [5.41, 5.74) is 0.923. The molecule has 3 rings (SSSR count). The fourth-order valence-electron chi connectivity index (χ4n) is 2.50. The van der Waals surface area contributed by atoms with Crippen molar-refractivity contribution in [3.8, 4) is 0 Å². The average molecular weight is 381 g/mol. The minimum Gasteiger partial charge on any atom is -0.367 e. The Bertz CT molecular complexity index is 815. The first-order chi connectivity index (χ1) is 12.4. The van der Waals surface area contributed by atoms with Crippen LogP contribution < -0.4 is 0 Å². The van der Waals surface area contributed by atoms with E-state index < -0.39 is 11.7 Å². The molecule has 0 amide bonds. The van der Waals surface area contributed by atoms with Crippen LogP contribution in [0.2, 0.25) is 5.02 Å². The van der Waals surface area contributed by atoms with Crippen LogP contribution in [-0.4, -0.2) is 9.55 Å². The second kappa shape index (κ2) is 7.93. The molecule has 0 spiro atoms. The van der Waals surface area contributed by atoms with Crippen LogP contribution in [0.25, 0.3) is 0 Å². The van der Waals surface area contributed by atoms with Crippen molar-refractivity contribution in [1.82, 2.24) is 9.55 Å². The molecule has 0 aliphatic heterocycles. The molecule has 0 saturated heterocycles. The van der Waals surface area contributed by atoms with E-state index in [-0.39, 0.29) is 12.7 Å². The van der Waals surface area contributed by atoms with Crippen molar-refractivity contribution in [2.24, 2.45) is 0 Å². The zero-order valence-corrected chi connectivity index (χ0v) is 14.4. The first kappa shape index (κ1) is 18.5. The molecule has 0 aliphatic rings. The number of imidazole rings is 1. The van der Waals surface area contributed by atoms with Crippen molar-refractivity contribution in [2.75, 3.05) is 0 Å². The molecule has 1 heterocycles. The Labute approximate surface area is 154 Å². The number of halogens is 4. The van der Waals surface area contributed by atoms with Gasteiger partial charge in [0.15, 0.2) is 0 Å². The second-order valence-electron chi connectivity index (χ2n) is 5.81. The molecule has 0 saturated carbocycles. The molecule has 1 atom stereocenters. The van der Waals surface area contributed by atoms with Gasteiger partial charge in [0, 0.05) is 17.4 Å². The lowest BCUT2D eigenvalue weighted by atomic mass is 10.1. The zero-order chi connectivity index (χ0) is 18.6. The minimum atomic E-state index is -4.34. The minimum absolute atomic E-state index is 0.195. The van der Waals surface area contributed by atoms with Crippen molar-refractivity contribution < 1.29 is 17.9 Å². The summed E-state index contributed by atoms with van der Waals surface area (Å²) in [7, 11) is 0. The van der Waals surface area contributed by atoms with E-state index in [1.54, 1.807) is 24.7 Å². The molecular weight excluding hydrogens is 365 g/mol. The highest BCUT2D eigenvalue weighted by Crippen LogP contribution is 2.29. The lowest BCUT2D eigenvalue weighted by Crippen LogP contribution is -2.12. The van der Waals surface area contributed by atoms with E-state index in [9.17, 15) is 13.2 Å². The molecule has 136 valence electrons. The second-order valence-corrected chi connectivity index (χ2v) is 6.24. The van der Waals surface area contributed by atoms with E-state index in [0.717, 1.165) is 17.7 Å². The molecule has 3 aromatic rings. The lowest BCUT2D eigenvalue weighted by molar-refractivity contribution is -0.137. The summed E-state index contributed by atoms with van der Waals surface area (Å²) in [5.74, 6) is 0. The van der Waals surface area contributed by atoms with Crippen molar-refractivity contribution >= 4 is 11.6 Å². The Morgan fingerprint density at radius 1 is 1.04 bits per heavy atom. The maximum atomic E-state index is 12.6. The fraction of sp³-hybridized carbons (Fsp3) is 0.211. The van der Waals surface area contributed by atoms with Crippen LogP contribution in [0.3, 0.4) is 0 Å². The third kappa shape index (κ3) is 4.86. The molecule has 0 radical (unpaired) electrons. The molecule has 1 aromatic heterocycles. The van der Waals surface area contributed by atoms with Crippen molar-refractivity contribution in [2.45, 2.75) is 25.4 Å². The highest BCUT2D eigenvalue weighted by atomic mass is 35.5. The third-order valence-corrected chi connectivity index (χ3v) is 4.16. The van der Waals surface area contributed by atoms with Crippen LogP contribution in [0.5, 0.6) is 0 Å². The van der Waals surface area contributed by atoms with Gasteiger partial charge in [0.2, 0.25) is 0 Å². The standard InChI is InChI=1S/C19H16ClF3N2O/c20-17-7-3-15(4-8-17)18(11-25-10-9-24-13-25)26-12-14-1-5-16(6-2-14)19(21,22)23/h1-10,13,18H,11-12H2. The lowest BCUT2D eigenvalue weighted by Gasteiger charge is -2.19. The van der Waals surface area contributed by atoms with Gasteiger partial charge in [-0.2, -0.15) is 13.2 Å². The molecule has 0 fully saturated rings. The first-order valence-corrected chi connectivity index (χ1v) is 8.28. The molecule has 1 unspecified atom stereocenters. The van der Waals surface area contributed by atoms with E-state index in [2.05, 4.69) is 4.98 Å². The van der Waals surface area contributed by atoms with Crippen LogP contribution in [0, 0.1) is 0 Å². The van der Waals surface area contributed by atoms with E-state index in [4.69, 9.17) is 16.3 Å². The number of hydrogen-bond acceptors (Lipinski definition) is 2. The maximum Gasteiger partial charge on any atom is 0.416 e. The van der Waals surface area contributed by atoms with Gasteiger partial charge >= 0.3 is 6.18 Å². The smallest absolute Gasteiger partial charge is 0.367 e. The molecule has 3 nitrogen and oxygen atoms in total. The molecule has 7 heteroatoms. The van der Waals surface area contributed by atoms with Crippen molar-refractivity contribution in [1.29, 1.82) is 0 Å². The van der Waals surface area contributed by atoms with Crippen LogP contribution in [0.15, 0.2) is 67.3 Å². The first-order valence-electron chi connectivity index (χ1n) is 7.91. The summed E-state index contributed by atoms with van der Waals surface area (Å²) >= 11 is 5.94. The molecule has 0 aliphatic carbocycles. The number of benzene rings is 2. The van der Waals surface area contributed by atoms with Gasteiger partial charge in [-0.25, -0.2) is 4.98 Å². The summed E-state index contributed by atoms with van der Waals surface area (Å²) in [6.07, 6.45) is 0.555. The zero-order valence-electron chi connectivity index (χ0n) is 13.7. The van der Waals surface area contributed by atoms with E-state index in [1.807, 2.05) is 22.9 Å². The fourth-order valence-corrected chi connectivity index (χ4v) is 2.63. The van der Waals surface area contributed by atoms with Crippen LogP contribution in [0.1, 0.15) is 22.8 Å². The number of alkyl halides is 3. The molecule has 0 bridgehead atoms. The largest absolute Gasteiger partial charge is 0.416 e. The summed E-state index contributed by atoms with van der Waals surface area (Å²) in [6.45, 7) is 0.725. The number of ether oxygens (including phenoxy) is 1. The van der Waals surface area contributed by atoms with Crippen molar-refractivity contribution in [3.63, 3.8) is 0 Å². The Hall–Kier alpha value is -2.31. The number of nitrogens with zero attached hydrogens (tertiary/aromatic N) is 2. The molecule has 0 N–H and O–H groups in total. The quantitative estimate of drug-likeness (QED) is 0.563. The van der Waals surface area contributed by atoms with Gasteiger partial charge in [0.05, 0.1) is 25.0 Å². The number of hydrogen-bond donors (Lipinski definition) is 0. The third-order valence-electron chi connectivity index (χ3n) is 3.91. The predicted octanol–water partition coefficient (Wildman–Crippen LogP) is 5.51. The molecule has 2 aromatic carbocycles. The summed E-state index contributed by atoms with van der Waals surface area (Å²) in [4.78, 5) is 4.01. The van der Waals surface area contributed by atoms with Gasteiger partial charge in [0.25, 0.3) is 0 Å². The summed E-state index contributed by atoms with van der Waals surface area (Å²) < 4.78 is 45.8. The van der Waals surface area contributed by atoms with Crippen LogP contribution in [-0.2, 0) is 24.1 Å². The van der Waals surface area contributed by atoms with E-state index in [0.29, 0.717) is 17.1 Å². The number of rotatable bonds is 6. The summed E-state index contributed by atoms with van der Waals surface area (Å²) in [6, 6.07) is 12.3. The predicted molar refractivity (Wildman–Crippen MR) is 92.7 cm³/mol. The van der Waals surface area contributed by atoms with Crippen molar-refractivity contribution in [3.05, 3.63) is 89.0 Å². The maximum absolute atomic E-state index is 12.6. The van der Waals surface area contributed by atoms with Gasteiger partial charge in [-0.15, -0.1) is 0 Å². The topological polar surface area (TPSA) is 27.1 Å². The van der Waals surface area contributed by atoms with Gasteiger partial charge < -0.3 is 9.30 Å². The number of aromatic nitrogens is 2. The highest BCUT2D eigenvalue weighted by Gasteiger charge is 2.29.